The summed E-state index contributed by atoms with van der Waals surface area (Å²) in [6, 6.07) is 0. The molecular weight excluding hydrogens is 140 g/mol. The van der Waals surface area contributed by atoms with Gasteiger partial charge in [0.15, 0.2) is 0 Å². The monoisotopic (exact) mass is 144 g/mol. The quantitative estimate of drug-likeness (QED) is 0.282. The molecule has 0 aromatic carbocycles. The van der Waals surface area contributed by atoms with E-state index in [1.807, 2.05) is 0 Å². The van der Waals surface area contributed by atoms with Crippen LogP contribution < -0.4 is 0 Å². The normalized spacial score (nSPS) is 7.11. The second-order valence-corrected chi connectivity index (χ2v) is 0.939. The van der Waals surface area contributed by atoms with Crippen LogP contribution in [0.2, 0.25) is 0 Å². The number of carboxylic acid groups (broad SMARTS) is 2. The van der Waals surface area contributed by atoms with Gasteiger partial charge in [0, 0.05) is 0 Å². The van der Waals surface area contributed by atoms with Crippen molar-refractivity contribution < 1.29 is 27.4 Å². The van der Waals surface area contributed by atoms with Crippen LogP contribution in [-0.4, -0.2) is 51.0 Å². The van der Waals surface area contributed by atoms with E-state index in [1.165, 1.54) is 0 Å². The molecule has 0 atom stereocenters. The molecule has 0 aromatic rings. The standard InChI is InChI=1S/C3H2O5.Mg.2H/c4-1(2(5)6)3(7)8;;;/h(H,5,6)(H,7,8);;;/q;+2;2*-1. The third kappa shape index (κ3) is 3.92. The second kappa shape index (κ2) is 4.27. The first-order chi connectivity index (χ1) is 3.55. The summed E-state index contributed by atoms with van der Waals surface area (Å²) in [6.07, 6.45) is 0. The zero-order valence-electron chi connectivity index (χ0n) is 6.33. The first kappa shape index (κ1) is 11.2. The molecule has 0 unspecified atom stereocenters. The predicted molar refractivity (Wildman–Crippen MR) is 28.3 cm³/mol. The average molecular weight is 144 g/mol. The van der Waals surface area contributed by atoms with E-state index >= 15 is 0 Å². The van der Waals surface area contributed by atoms with Gasteiger partial charge in [-0.15, -0.1) is 0 Å². The van der Waals surface area contributed by atoms with E-state index in [9.17, 15) is 14.4 Å². The van der Waals surface area contributed by atoms with E-state index in [0.717, 1.165) is 0 Å². The molecule has 0 aliphatic carbocycles. The van der Waals surface area contributed by atoms with Gasteiger partial charge in [-0.05, 0) is 0 Å². The molecule has 0 aromatic heterocycles. The predicted octanol–water partition coefficient (Wildman–Crippen LogP) is -1.43. The van der Waals surface area contributed by atoms with Crippen LogP contribution in [0.5, 0.6) is 0 Å². The Hall–Kier alpha value is -0.624. The van der Waals surface area contributed by atoms with Gasteiger partial charge in [0.05, 0.1) is 0 Å². The Balaban J connectivity index is -0.0000000817. The van der Waals surface area contributed by atoms with Gasteiger partial charge in [0.1, 0.15) is 0 Å². The fourth-order valence-corrected chi connectivity index (χ4v) is 0.0915. The van der Waals surface area contributed by atoms with Crippen molar-refractivity contribution in [1.29, 1.82) is 0 Å². The maximum absolute atomic E-state index is 9.64. The molecular formula is C3H4MgO5. The van der Waals surface area contributed by atoms with Gasteiger partial charge in [-0.25, -0.2) is 9.59 Å². The molecule has 6 heteroatoms. The molecule has 9 heavy (non-hydrogen) atoms. The number of aliphatic carboxylic acids is 2. The molecule has 0 bridgehead atoms. The van der Waals surface area contributed by atoms with Gasteiger partial charge in [-0.1, -0.05) is 0 Å². The fraction of sp³-hybridized carbons (Fsp3) is 0. The molecule has 0 rings (SSSR count). The summed E-state index contributed by atoms with van der Waals surface area (Å²) in [7, 11) is 0. The van der Waals surface area contributed by atoms with Crippen LogP contribution in [-0.2, 0) is 14.4 Å². The number of hydrogen-bond acceptors (Lipinski definition) is 3. The molecule has 0 aliphatic heterocycles. The minimum atomic E-state index is -1.95. The Morgan fingerprint density at radius 3 is 1.22 bits per heavy atom. The van der Waals surface area contributed by atoms with E-state index in [-0.39, 0.29) is 25.9 Å². The van der Waals surface area contributed by atoms with Crippen LogP contribution in [0.3, 0.4) is 0 Å². The molecule has 0 saturated carbocycles. The topological polar surface area (TPSA) is 91.7 Å². The van der Waals surface area contributed by atoms with Crippen molar-refractivity contribution >= 4 is 40.8 Å². The van der Waals surface area contributed by atoms with E-state index in [1.54, 1.807) is 0 Å². The van der Waals surface area contributed by atoms with Crippen LogP contribution >= 0.6 is 0 Å². The number of hydrogen-bond donors (Lipinski definition) is 2. The van der Waals surface area contributed by atoms with Crippen molar-refractivity contribution in [2.45, 2.75) is 0 Å². The van der Waals surface area contributed by atoms with Crippen LogP contribution in [0.1, 0.15) is 2.85 Å². The van der Waals surface area contributed by atoms with Gasteiger partial charge in [-0.3, -0.25) is 4.79 Å². The first-order valence-corrected chi connectivity index (χ1v) is 1.56. The SMILES string of the molecule is O=C(O)C(=O)C(=O)O.[H-].[H-].[Mg+2]. The third-order valence-electron chi connectivity index (χ3n) is 0.388. The summed E-state index contributed by atoms with van der Waals surface area (Å²) in [5.74, 6) is -5.71. The van der Waals surface area contributed by atoms with Gasteiger partial charge in [-0.2, -0.15) is 0 Å². The second-order valence-electron chi connectivity index (χ2n) is 0.939. The molecule has 0 heterocycles. The van der Waals surface area contributed by atoms with E-state index < -0.39 is 17.7 Å². The molecule has 2 N–H and O–H groups in total. The minimum Gasteiger partial charge on any atom is -1.00 e. The van der Waals surface area contributed by atoms with Gasteiger partial charge >= 0.3 is 40.8 Å². The Morgan fingerprint density at radius 2 is 1.22 bits per heavy atom. The minimum absolute atomic E-state index is 0. The maximum Gasteiger partial charge on any atom is 2.00 e. The third-order valence-corrected chi connectivity index (χ3v) is 0.388. The van der Waals surface area contributed by atoms with Crippen molar-refractivity contribution in [2.24, 2.45) is 0 Å². The zero-order chi connectivity index (χ0) is 6.73. The number of ketones is 1. The Bertz CT molecular complexity index is 142. The van der Waals surface area contributed by atoms with Crippen LogP contribution in [0.15, 0.2) is 0 Å². The summed E-state index contributed by atoms with van der Waals surface area (Å²) in [6.45, 7) is 0. The van der Waals surface area contributed by atoms with E-state index in [4.69, 9.17) is 10.2 Å². The summed E-state index contributed by atoms with van der Waals surface area (Å²) in [5, 5.41) is 15.2. The van der Waals surface area contributed by atoms with Gasteiger partial charge < -0.3 is 13.1 Å². The molecule has 0 aliphatic rings. The molecule has 0 radical (unpaired) electrons. The summed E-state index contributed by atoms with van der Waals surface area (Å²) in [4.78, 5) is 28.5. The molecule has 48 valence electrons. The van der Waals surface area contributed by atoms with Crippen LogP contribution in [0, 0.1) is 0 Å². The largest absolute Gasteiger partial charge is 2.00 e. The summed E-state index contributed by atoms with van der Waals surface area (Å²) < 4.78 is 0. The van der Waals surface area contributed by atoms with E-state index in [0.29, 0.717) is 0 Å². The van der Waals surface area contributed by atoms with Crippen molar-refractivity contribution in [1.82, 2.24) is 0 Å². The van der Waals surface area contributed by atoms with Gasteiger partial charge in [0.25, 0.3) is 0 Å². The number of carbonyl (C=O) groups excluding carboxylic acids is 1. The van der Waals surface area contributed by atoms with Gasteiger partial charge in [0.2, 0.25) is 0 Å². The van der Waals surface area contributed by atoms with Crippen molar-refractivity contribution in [3.8, 4) is 0 Å². The Kier molecular flexibility index (Phi) is 5.32. The van der Waals surface area contributed by atoms with Crippen LogP contribution in [0.25, 0.3) is 0 Å². The fourth-order valence-electron chi connectivity index (χ4n) is 0.0915. The van der Waals surface area contributed by atoms with Crippen molar-refractivity contribution in [3.63, 3.8) is 0 Å². The smallest absolute Gasteiger partial charge is 1.00 e. The zero-order valence-corrected chi connectivity index (χ0v) is 5.74. The number of carbonyl (C=O) groups is 3. The molecule has 0 fully saturated rings. The Morgan fingerprint density at radius 1 is 1.00 bits per heavy atom. The molecule has 0 saturated heterocycles. The summed E-state index contributed by atoms with van der Waals surface area (Å²) >= 11 is 0. The van der Waals surface area contributed by atoms with Crippen LogP contribution in [0.4, 0.5) is 0 Å². The molecule has 0 amide bonds. The van der Waals surface area contributed by atoms with E-state index in [2.05, 4.69) is 0 Å². The summed E-state index contributed by atoms with van der Waals surface area (Å²) in [5.41, 5.74) is 0. The number of Topliss-reactive ketones (excluding diaryl/α,β-unsaturated/α-hetero) is 1. The Labute approximate surface area is 68.8 Å². The van der Waals surface area contributed by atoms with Crippen molar-refractivity contribution in [2.75, 3.05) is 0 Å². The van der Waals surface area contributed by atoms with Crippen molar-refractivity contribution in [3.05, 3.63) is 0 Å². The molecule has 0 spiro atoms. The molecule has 5 nitrogen and oxygen atoms in total. The first-order valence-electron chi connectivity index (χ1n) is 1.56. The maximum atomic E-state index is 9.64. The number of rotatable bonds is 2. The average Bonchev–Trinajstić information content (AvgIpc) is 1.64. The number of carboxylic acids is 2.